The van der Waals surface area contributed by atoms with Crippen LogP contribution in [-0.2, 0) is 22.4 Å². The summed E-state index contributed by atoms with van der Waals surface area (Å²) in [6.45, 7) is 0.326. The monoisotopic (exact) mass is 501 g/mol. The molecule has 1 aliphatic rings. The molecule has 8 heteroatoms. The van der Waals surface area contributed by atoms with E-state index in [-0.39, 0.29) is 17.3 Å². The number of benzene rings is 3. The van der Waals surface area contributed by atoms with Crippen LogP contribution in [0.3, 0.4) is 0 Å². The number of carbonyl (C=O) groups excluding carboxylic acids is 2. The highest BCUT2D eigenvalue weighted by atomic mass is 32.2. The van der Waals surface area contributed by atoms with Crippen molar-refractivity contribution in [1.82, 2.24) is 5.32 Å². The van der Waals surface area contributed by atoms with Crippen LogP contribution in [0.2, 0.25) is 0 Å². The van der Waals surface area contributed by atoms with Crippen molar-refractivity contribution in [2.75, 3.05) is 18.6 Å². The summed E-state index contributed by atoms with van der Waals surface area (Å²) in [5.74, 6) is -0.374. The number of thioether (sulfide) groups is 1. The van der Waals surface area contributed by atoms with Crippen molar-refractivity contribution in [2.45, 2.75) is 18.1 Å². The molecule has 3 aromatic carbocycles. The molecular weight excluding hydrogens is 477 g/mol. The van der Waals surface area contributed by atoms with Crippen molar-refractivity contribution in [2.24, 2.45) is 0 Å². The minimum atomic E-state index is -0.555. The second-order valence-corrected chi connectivity index (χ2v) is 9.28. The van der Waals surface area contributed by atoms with Gasteiger partial charge in [0.05, 0.1) is 12.4 Å². The third-order valence-corrected chi connectivity index (χ3v) is 6.98. The lowest BCUT2D eigenvalue weighted by Gasteiger charge is -2.18. The fraction of sp³-hybridized carbons (Fsp3) is 0.179. The number of nitrogens with one attached hydrogen (secondary N) is 1. The first-order chi connectivity index (χ1) is 17.5. The van der Waals surface area contributed by atoms with E-state index in [0.717, 1.165) is 16.9 Å². The van der Waals surface area contributed by atoms with Gasteiger partial charge in [-0.2, -0.15) is 5.26 Å². The predicted molar refractivity (Wildman–Crippen MR) is 138 cm³/mol. The van der Waals surface area contributed by atoms with Crippen molar-refractivity contribution in [1.29, 1.82) is 5.26 Å². The zero-order valence-corrected chi connectivity index (χ0v) is 20.4. The molecule has 4 rings (SSSR count). The van der Waals surface area contributed by atoms with Crippen LogP contribution in [0.1, 0.15) is 11.1 Å². The zero-order chi connectivity index (χ0) is 25.5. The number of para-hydroxylation sites is 1. The molecule has 0 aromatic heterocycles. The summed E-state index contributed by atoms with van der Waals surface area (Å²) in [4.78, 5) is 27.9. The maximum absolute atomic E-state index is 13.4. The van der Waals surface area contributed by atoms with Crippen LogP contribution in [0.4, 0.5) is 10.1 Å². The number of rotatable bonds is 8. The number of nitriles is 1. The maximum atomic E-state index is 13.4. The van der Waals surface area contributed by atoms with E-state index in [1.165, 1.54) is 28.8 Å². The Morgan fingerprint density at radius 1 is 1.06 bits per heavy atom. The van der Waals surface area contributed by atoms with Gasteiger partial charge < -0.3 is 10.1 Å². The molecule has 1 N–H and O–H groups in total. The topological polar surface area (TPSA) is 82.4 Å². The van der Waals surface area contributed by atoms with Crippen LogP contribution in [-0.4, -0.2) is 30.7 Å². The average Bonchev–Trinajstić information content (AvgIpc) is 3.22. The Balaban J connectivity index is 1.55. The second-order valence-electron chi connectivity index (χ2n) is 8.09. The van der Waals surface area contributed by atoms with Crippen molar-refractivity contribution in [3.05, 3.63) is 106 Å². The first-order valence-electron chi connectivity index (χ1n) is 11.4. The highest BCUT2D eigenvalue weighted by Gasteiger charge is 2.40. The van der Waals surface area contributed by atoms with Gasteiger partial charge in [0.1, 0.15) is 28.2 Å². The van der Waals surface area contributed by atoms with Crippen LogP contribution in [0.25, 0.3) is 0 Å². The largest absolute Gasteiger partial charge is 0.497 e. The predicted octanol–water partition coefficient (Wildman–Crippen LogP) is 4.62. The number of amides is 2. The highest BCUT2D eigenvalue weighted by molar-refractivity contribution is 8.05. The molecule has 1 saturated heterocycles. The Bertz CT molecular complexity index is 1300. The first-order valence-corrected chi connectivity index (χ1v) is 12.2. The number of ether oxygens (including phenoxy) is 1. The quantitative estimate of drug-likeness (QED) is 0.360. The first kappa shape index (κ1) is 25.0. The molecule has 182 valence electrons. The smallest absolute Gasteiger partial charge is 0.264 e. The molecule has 0 radical (unpaired) electrons. The Kier molecular flexibility index (Phi) is 8.03. The molecule has 0 saturated carbocycles. The van der Waals surface area contributed by atoms with Crippen molar-refractivity contribution in [3.8, 4) is 11.8 Å². The fourth-order valence-corrected chi connectivity index (χ4v) is 5.14. The van der Waals surface area contributed by atoms with Gasteiger partial charge in [0, 0.05) is 12.2 Å². The minimum absolute atomic E-state index is 0.117. The molecule has 2 amide bonds. The van der Waals surface area contributed by atoms with Crippen LogP contribution in [0.5, 0.6) is 5.75 Å². The third-order valence-electron chi connectivity index (χ3n) is 5.71. The number of nitrogens with zero attached hydrogens (tertiary/aromatic N) is 2. The molecular formula is C28H24FN3O3S. The molecule has 6 nitrogen and oxygen atoms in total. The highest BCUT2D eigenvalue weighted by Crippen LogP contribution is 2.41. The van der Waals surface area contributed by atoms with Gasteiger partial charge in [0.25, 0.3) is 5.91 Å². The van der Waals surface area contributed by atoms with Crippen LogP contribution in [0, 0.1) is 17.1 Å². The number of carbonyl (C=O) groups is 2. The fourth-order valence-electron chi connectivity index (χ4n) is 3.83. The van der Waals surface area contributed by atoms with E-state index in [1.807, 2.05) is 36.4 Å². The minimum Gasteiger partial charge on any atom is -0.497 e. The molecule has 0 unspecified atom stereocenters. The molecule has 1 atom stereocenters. The van der Waals surface area contributed by atoms with Gasteiger partial charge in [-0.1, -0.05) is 54.2 Å². The van der Waals surface area contributed by atoms with E-state index in [2.05, 4.69) is 5.32 Å². The molecule has 36 heavy (non-hydrogen) atoms. The van der Waals surface area contributed by atoms with Crippen molar-refractivity contribution >= 4 is 29.3 Å². The van der Waals surface area contributed by atoms with Crippen molar-refractivity contribution < 1.29 is 18.7 Å². The SMILES string of the molecule is COc1ccc(CCNC(=O)/C(C#N)=C2/S[C@H](Cc3ccc(F)cc3)C(=O)N2c2ccccc2)cc1. The third kappa shape index (κ3) is 5.75. The van der Waals surface area contributed by atoms with Gasteiger partial charge in [-0.25, -0.2) is 4.39 Å². The van der Waals surface area contributed by atoms with Crippen molar-refractivity contribution in [3.63, 3.8) is 0 Å². The standard InChI is InChI=1S/C28H24FN3O3S/c1-35-23-13-9-19(10-14-23)15-16-31-26(33)24(18-30)28-32(22-5-3-2-4-6-22)27(34)25(36-28)17-20-7-11-21(29)12-8-20/h2-14,25H,15-17H2,1H3,(H,31,33)/b28-24+/t25-/m1/s1. The maximum Gasteiger partial charge on any atom is 0.264 e. The van der Waals surface area contributed by atoms with E-state index in [4.69, 9.17) is 4.74 Å². The lowest BCUT2D eigenvalue weighted by molar-refractivity contribution is -0.117. The lowest BCUT2D eigenvalue weighted by Crippen LogP contribution is -2.32. The molecule has 1 heterocycles. The van der Waals surface area contributed by atoms with Gasteiger partial charge in [0.15, 0.2) is 0 Å². The Morgan fingerprint density at radius 3 is 2.36 bits per heavy atom. The summed E-state index contributed by atoms with van der Waals surface area (Å²) in [6.07, 6.45) is 0.917. The van der Waals surface area contributed by atoms with E-state index in [1.54, 1.807) is 43.5 Å². The van der Waals surface area contributed by atoms with E-state index < -0.39 is 11.2 Å². The Labute approximate surface area is 213 Å². The number of methoxy groups -OCH3 is 1. The summed E-state index contributed by atoms with van der Waals surface area (Å²) in [5, 5.41) is 12.5. The van der Waals surface area contributed by atoms with Gasteiger partial charge >= 0.3 is 0 Å². The summed E-state index contributed by atoms with van der Waals surface area (Å²) in [5.41, 5.74) is 2.26. The van der Waals surface area contributed by atoms with Gasteiger partial charge in [-0.05, 0) is 60.4 Å². The number of hydrogen-bond acceptors (Lipinski definition) is 5. The van der Waals surface area contributed by atoms with Crippen LogP contribution < -0.4 is 15.0 Å². The molecule has 3 aromatic rings. The van der Waals surface area contributed by atoms with Crippen LogP contribution >= 0.6 is 11.8 Å². The Hall–Kier alpha value is -4.09. The molecule has 1 fully saturated rings. The lowest BCUT2D eigenvalue weighted by atomic mass is 10.1. The summed E-state index contributed by atoms with van der Waals surface area (Å²) >= 11 is 1.18. The van der Waals surface area contributed by atoms with E-state index in [0.29, 0.717) is 30.1 Å². The molecule has 1 aliphatic heterocycles. The van der Waals surface area contributed by atoms with Gasteiger partial charge in [-0.15, -0.1) is 0 Å². The van der Waals surface area contributed by atoms with E-state index in [9.17, 15) is 19.2 Å². The van der Waals surface area contributed by atoms with E-state index >= 15 is 0 Å². The second kappa shape index (κ2) is 11.6. The Morgan fingerprint density at radius 2 is 1.72 bits per heavy atom. The number of hydrogen-bond donors (Lipinski definition) is 1. The molecule has 0 bridgehead atoms. The zero-order valence-electron chi connectivity index (χ0n) is 19.6. The van der Waals surface area contributed by atoms with Gasteiger partial charge in [-0.3, -0.25) is 14.5 Å². The molecule has 0 spiro atoms. The molecule has 0 aliphatic carbocycles. The number of anilines is 1. The summed E-state index contributed by atoms with van der Waals surface area (Å²) in [7, 11) is 1.60. The summed E-state index contributed by atoms with van der Waals surface area (Å²) < 4.78 is 18.5. The number of halogens is 1. The summed E-state index contributed by atoms with van der Waals surface area (Å²) in [6, 6.07) is 24.4. The van der Waals surface area contributed by atoms with Crippen LogP contribution in [0.15, 0.2) is 89.5 Å². The average molecular weight is 502 g/mol. The normalized spacial score (nSPS) is 16.4. The van der Waals surface area contributed by atoms with Gasteiger partial charge in [0.2, 0.25) is 5.91 Å².